The van der Waals surface area contributed by atoms with Gasteiger partial charge in [-0.1, -0.05) is 24.3 Å². The van der Waals surface area contributed by atoms with Crippen LogP contribution < -0.4 is 0 Å². The van der Waals surface area contributed by atoms with E-state index < -0.39 is 0 Å². The van der Waals surface area contributed by atoms with Crippen LogP contribution in [0.2, 0.25) is 0 Å². The number of nitrogens with zero attached hydrogens (tertiary/aromatic N) is 3. The number of hydrogen-bond acceptors (Lipinski definition) is 2. The number of pyridine rings is 1. The van der Waals surface area contributed by atoms with Crippen molar-refractivity contribution in [3.63, 3.8) is 0 Å². The van der Waals surface area contributed by atoms with Crippen molar-refractivity contribution in [1.29, 1.82) is 0 Å². The highest BCUT2D eigenvalue weighted by Gasteiger charge is 2.26. The normalized spacial score (nSPS) is 15.7. The van der Waals surface area contributed by atoms with E-state index in [2.05, 4.69) is 40.3 Å². The number of H-pyrrole nitrogens is 1. The Labute approximate surface area is 157 Å². The van der Waals surface area contributed by atoms with E-state index in [9.17, 15) is 4.79 Å². The number of hydrogen-bond donors (Lipinski definition) is 1. The first-order chi connectivity index (χ1) is 13.2. The third-order valence-corrected chi connectivity index (χ3v) is 5.69. The van der Waals surface area contributed by atoms with Crippen LogP contribution in [-0.4, -0.2) is 38.3 Å². The van der Waals surface area contributed by atoms with Crippen LogP contribution in [0.4, 0.5) is 0 Å². The van der Waals surface area contributed by atoms with Crippen molar-refractivity contribution in [2.75, 3.05) is 13.1 Å². The average molecular weight is 358 g/mol. The fraction of sp³-hybridized carbons (Fsp3) is 0.273. The molecule has 5 heteroatoms. The predicted molar refractivity (Wildman–Crippen MR) is 106 cm³/mol. The molecule has 1 aliphatic heterocycles. The van der Waals surface area contributed by atoms with Gasteiger partial charge < -0.3 is 14.3 Å². The number of aromatic nitrogens is 3. The molecule has 1 aromatic carbocycles. The molecular formula is C22H22N4O. The molecule has 0 radical (unpaired) electrons. The smallest absolute Gasteiger partial charge is 0.274 e. The summed E-state index contributed by atoms with van der Waals surface area (Å²) in [4.78, 5) is 22.9. The van der Waals surface area contributed by atoms with E-state index >= 15 is 0 Å². The molecule has 1 fully saturated rings. The summed E-state index contributed by atoms with van der Waals surface area (Å²) in [5.74, 6) is 0.512. The molecule has 1 aliphatic rings. The molecule has 0 spiro atoms. The number of fused-ring (bicyclic) bond motifs is 2. The minimum absolute atomic E-state index is 0.0354. The van der Waals surface area contributed by atoms with E-state index in [1.165, 1.54) is 16.6 Å². The molecule has 0 atom stereocenters. The molecule has 0 bridgehead atoms. The number of likely N-dealkylation sites (tertiary alicyclic amines) is 1. The van der Waals surface area contributed by atoms with Gasteiger partial charge in [0.15, 0.2) is 0 Å². The Morgan fingerprint density at radius 1 is 1.11 bits per heavy atom. The van der Waals surface area contributed by atoms with Crippen LogP contribution in [0, 0.1) is 6.92 Å². The number of piperidine rings is 1. The van der Waals surface area contributed by atoms with Crippen molar-refractivity contribution in [1.82, 2.24) is 19.3 Å². The van der Waals surface area contributed by atoms with Crippen molar-refractivity contribution in [2.24, 2.45) is 0 Å². The molecule has 5 nitrogen and oxygen atoms in total. The number of amides is 1. The highest BCUT2D eigenvalue weighted by atomic mass is 16.2. The quantitative estimate of drug-likeness (QED) is 0.585. The zero-order chi connectivity index (χ0) is 18.4. The number of benzene rings is 1. The number of nitrogens with one attached hydrogen (secondary N) is 1. The lowest BCUT2D eigenvalue weighted by Gasteiger charge is -2.31. The van der Waals surface area contributed by atoms with Crippen molar-refractivity contribution in [2.45, 2.75) is 25.7 Å². The number of imidazole rings is 1. The molecule has 0 aliphatic carbocycles. The first-order valence-electron chi connectivity index (χ1n) is 9.51. The monoisotopic (exact) mass is 358 g/mol. The number of aromatic amines is 1. The van der Waals surface area contributed by atoms with Gasteiger partial charge in [-0.15, -0.1) is 0 Å². The highest BCUT2D eigenvalue weighted by molar-refractivity contribution is 5.93. The Morgan fingerprint density at radius 3 is 2.70 bits per heavy atom. The molecule has 1 saturated heterocycles. The van der Waals surface area contributed by atoms with Gasteiger partial charge in [0, 0.05) is 42.1 Å². The summed E-state index contributed by atoms with van der Waals surface area (Å²) in [5.41, 5.74) is 4.91. The number of para-hydroxylation sites is 1. The molecule has 5 rings (SSSR count). The van der Waals surface area contributed by atoms with Gasteiger partial charge in [-0.2, -0.15) is 0 Å². The molecule has 0 unspecified atom stereocenters. The summed E-state index contributed by atoms with van der Waals surface area (Å²) in [6.45, 7) is 3.56. The van der Waals surface area contributed by atoms with Crippen LogP contribution in [0.5, 0.6) is 0 Å². The molecule has 4 aromatic rings. The fourth-order valence-electron chi connectivity index (χ4n) is 4.12. The molecular weight excluding hydrogens is 336 g/mol. The molecule has 136 valence electrons. The predicted octanol–water partition coefficient (Wildman–Crippen LogP) is 4.14. The zero-order valence-corrected chi connectivity index (χ0v) is 15.4. The summed E-state index contributed by atoms with van der Waals surface area (Å²) >= 11 is 0. The van der Waals surface area contributed by atoms with E-state index in [0.717, 1.165) is 37.3 Å². The van der Waals surface area contributed by atoms with Crippen LogP contribution in [0.15, 0.2) is 54.7 Å². The third kappa shape index (κ3) is 2.79. The summed E-state index contributed by atoms with van der Waals surface area (Å²) in [7, 11) is 0. The second-order valence-electron chi connectivity index (χ2n) is 7.40. The standard InChI is InChI=1S/C22H22N4O/c1-15-5-4-8-21-24-20(14-26(15)21)22(27)25-11-9-16(10-12-25)19-13-17-6-2-3-7-18(17)23-19/h2-8,13-14,16,23H,9-12H2,1H3. The number of rotatable bonds is 2. The molecule has 27 heavy (non-hydrogen) atoms. The molecule has 3 aromatic heterocycles. The maximum atomic E-state index is 12.9. The lowest BCUT2D eigenvalue weighted by atomic mass is 9.93. The first-order valence-corrected chi connectivity index (χ1v) is 9.51. The maximum absolute atomic E-state index is 12.9. The van der Waals surface area contributed by atoms with Crippen LogP contribution in [-0.2, 0) is 0 Å². The number of carbonyl (C=O) groups is 1. The van der Waals surface area contributed by atoms with Gasteiger partial charge in [-0.3, -0.25) is 4.79 Å². The van der Waals surface area contributed by atoms with Gasteiger partial charge in [0.25, 0.3) is 5.91 Å². The van der Waals surface area contributed by atoms with Gasteiger partial charge in [0.2, 0.25) is 0 Å². The second kappa shape index (κ2) is 6.27. The molecule has 1 N–H and O–H groups in total. The van der Waals surface area contributed by atoms with Gasteiger partial charge in [0.05, 0.1) is 0 Å². The Bertz CT molecular complexity index is 1100. The van der Waals surface area contributed by atoms with Crippen molar-refractivity contribution < 1.29 is 4.79 Å². The third-order valence-electron chi connectivity index (χ3n) is 5.69. The lowest BCUT2D eigenvalue weighted by molar-refractivity contribution is 0.0707. The molecule has 4 heterocycles. The fourth-order valence-corrected chi connectivity index (χ4v) is 4.12. The summed E-state index contributed by atoms with van der Waals surface area (Å²) in [6.07, 6.45) is 3.81. The Balaban J connectivity index is 1.31. The van der Waals surface area contributed by atoms with Crippen LogP contribution in [0.3, 0.4) is 0 Å². The summed E-state index contributed by atoms with van der Waals surface area (Å²) < 4.78 is 1.98. The van der Waals surface area contributed by atoms with E-state index in [-0.39, 0.29) is 5.91 Å². The van der Waals surface area contributed by atoms with Gasteiger partial charge in [-0.25, -0.2) is 4.98 Å². The second-order valence-corrected chi connectivity index (χ2v) is 7.40. The first kappa shape index (κ1) is 16.1. The van der Waals surface area contributed by atoms with E-state index in [0.29, 0.717) is 11.6 Å². The van der Waals surface area contributed by atoms with Crippen molar-refractivity contribution in [3.8, 4) is 0 Å². The number of aryl methyl sites for hydroxylation is 1. The van der Waals surface area contributed by atoms with Crippen molar-refractivity contribution in [3.05, 3.63) is 71.8 Å². The van der Waals surface area contributed by atoms with E-state index in [1.54, 1.807) is 0 Å². The van der Waals surface area contributed by atoms with Gasteiger partial charge in [0.1, 0.15) is 11.3 Å². The van der Waals surface area contributed by atoms with E-state index in [1.807, 2.05) is 40.6 Å². The SMILES string of the molecule is Cc1cccc2nc(C(=O)N3CCC(c4cc5ccccc5[nH]4)CC3)cn12. The molecule has 0 saturated carbocycles. The lowest BCUT2D eigenvalue weighted by Crippen LogP contribution is -2.38. The Morgan fingerprint density at radius 2 is 1.93 bits per heavy atom. The Hall–Kier alpha value is -3.08. The minimum Gasteiger partial charge on any atom is -0.358 e. The number of carbonyl (C=O) groups excluding carboxylic acids is 1. The van der Waals surface area contributed by atoms with Crippen LogP contribution in [0.25, 0.3) is 16.6 Å². The largest absolute Gasteiger partial charge is 0.358 e. The topological polar surface area (TPSA) is 53.4 Å². The zero-order valence-electron chi connectivity index (χ0n) is 15.4. The Kier molecular flexibility index (Phi) is 3.74. The van der Waals surface area contributed by atoms with Gasteiger partial charge >= 0.3 is 0 Å². The van der Waals surface area contributed by atoms with Crippen LogP contribution in [0.1, 0.15) is 40.6 Å². The van der Waals surface area contributed by atoms with Gasteiger partial charge in [-0.05, 0) is 49.4 Å². The van der Waals surface area contributed by atoms with Crippen molar-refractivity contribution >= 4 is 22.5 Å². The summed E-state index contributed by atoms with van der Waals surface area (Å²) in [6, 6.07) is 16.6. The summed E-state index contributed by atoms with van der Waals surface area (Å²) in [5, 5.41) is 1.26. The van der Waals surface area contributed by atoms with E-state index in [4.69, 9.17) is 0 Å². The van der Waals surface area contributed by atoms with Crippen LogP contribution >= 0.6 is 0 Å². The molecule has 1 amide bonds. The maximum Gasteiger partial charge on any atom is 0.274 e. The highest BCUT2D eigenvalue weighted by Crippen LogP contribution is 2.30. The minimum atomic E-state index is 0.0354. The average Bonchev–Trinajstić information content (AvgIpc) is 3.32.